The highest BCUT2D eigenvalue weighted by atomic mass is 32.2. The number of para-hydroxylation sites is 1. The standard InChI is InChI=1S/C28H28N2O7S3/c1-28(2)22(38)19(27-39-20(25(34)36-3)21(40-27)26(35)37-4)16-11-7-8-12-17(16)30(28)18(31)13-29-23(32)14-9-5-6-10-15(14)24(29)33/h7-8,11-12,14-15H,5-6,9-10,13H2,1-4H3/t14-,15-/m0/s1. The number of fused-ring (bicyclic) bond motifs is 2. The molecule has 0 N–H and O–H groups in total. The third kappa shape index (κ3) is 4.50. The molecule has 2 atom stereocenters. The predicted molar refractivity (Wildman–Crippen MR) is 156 cm³/mol. The molecule has 2 fully saturated rings. The van der Waals surface area contributed by atoms with E-state index in [0.717, 1.165) is 41.3 Å². The van der Waals surface area contributed by atoms with Crippen molar-refractivity contribution < 1.29 is 33.4 Å². The number of thiocarbonyl (C=S) groups is 1. The van der Waals surface area contributed by atoms with E-state index in [2.05, 4.69) is 0 Å². The average molecular weight is 601 g/mol. The van der Waals surface area contributed by atoms with Gasteiger partial charge in [0.1, 0.15) is 16.4 Å². The van der Waals surface area contributed by atoms with Gasteiger partial charge in [-0.25, -0.2) is 9.59 Å². The Morgan fingerprint density at radius 1 is 0.950 bits per heavy atom. The van der Waals surface area contributed by atoms with Crippen LogP contribution in [0.1, 0.15) is 45.1 Å². The number of imide groups is 1. The van der Waals surface area contributed by atoms with Crippen LogP contribution < -0.4 is 4.90 Å². The third-order valence-corrected chi connectivity index (χ3v) is 11.0. The number of thioether (sulfide) groups is 2. The zero-order valence-corrected chi connectivity index (χ0v) is 24.9. The number of carbonyl (C=O) groups excluding carboxylic acids is 5. The molecule has 210 valence electrons. The fourth-order valence-electron chi connectivity index (χ4n) is 5.81. The van der Waals surface area contributed by atoms with Gasteiger partial charge < -0.3 is 9.47 Å². The maximum Gasteiger partial charge on any atom is 0.346 e. The highest BCUT2D eigenvalue weighted by Gasteiger charge is 2.51. The summed E-state index contributed by atoms with van der Waals surface area (Å²) in [6.45, 7) is 3.25. The number of likely N-dealkylation sites (tertiary alicyclic amines) is 1. The van der Waals surface area contributed by atoms with Crippen molar-refractivity contribution in [3.8, 4) is 0 Å². The molecule has 0 bridgehead atoms. The summed E-state index contributed by atoms with van der Waals surface area (Å²) in [5, 5.41) is 0. The second-order valence-electron chi connectivity index (χ2n) is 10.4. The van der Waals surface area contributed by atoms with E-state index >= 15 is 0 Å². The number of benzene rings is 1. The van der Waals surface area contributed by atoms with Crippen LogP contribution in [0.5, 0.6) is 0 Å². The van der Waals surface area contributed by atoms with Gasteiger partial charge in [0, 0.05) is 11.1 Å². The first-order valence-electron chi connectivity index (χ1n) is 12.9. The Kier molecular flexibility index (Phi) is 7.71. The second kappa shape index (κ2) is 10.8. The third-order valence-electron chi connectivity index (χ3n) is 7.77. The Labute approximate surface area is 245 Å². The van der Waals surface area contributed by atoms with Crippen molar-refractivity contribution >= 4 is 81.5 Å². The van der Waals surface area contributed by atoms with E-state index in [1.165, 1.54) is 14.2 Å². The number of ether oxygens (including phenoxy) is 2. The van der Waals surface area contributed by atoms with E-state index in [1.807, 2.05) is 6.07 Å². The summed E-state index contributed by atoms with van der Waals surface area (Å²) in [6.07, 6.45) is 3.15. The Morgan fingerprint density at radius 3 is 2.00 bits per heavy atom. The molecule has 0 aromatic heterocycles. The van der Waals surface area contributed by atoms with Crippen LogP contribution >= 0.6 is 35.7 Å². The maximum absolute atomic E-state index is 13.9. The van der Waals surface area contributed by atoms with Crippen LogP contribution in [-0.4, -0.2) is 65.7 Å². The molecule has 4 aliphatic rings. The second-order valence-corrected chi connectivity index (χ2v) is 13.1. The quantitative estimate of drug-likeness (QED) is 0.217. The van der Waals surface area contributed by atoms with E-state index < -0.39 is 23.4 Å². The number of esters is 2. The molecule has 9 nitrogen and oxygen atoms in total. The topological polar surface area (TPSA) is 110 Å². The lowest BCUT2D eigenvalue weighted by atomic mass is 9.81. The summed E-state index contributed by atoms with van der Waals surface area (Å²) in [6, 6.07) is 7.20. The van der Waals surface area contributed by atoms with Gasteiger partial charge in [-0.2, -0.15) is 0 Å². The lowest BCUT2D eigenvalue weighted by Crippen LogP contribution is -2.58. The minimum atomic E-state index is -1.04. The molecule has 0 unspecified atom stereocenters. The Balaban J connectivity index is 1.53. The number of methoxy groups -OCH3 is 2. The van der Waals surface area contributed by atoms with E-state index in [-0.39, 0.29) is 40.0 Å². The minimum Gasteiger partial charge on any atom is -0.465 e. The van der Waals surface area contributed by atoms with Gasteiger partial charge in [0.2, 0.25) is 17.7 Å². The number of hydrogen-bond acceptors (Lipinski definition) is 10. The van der Waals surface area contributed by atoms with Crippen molar-refractivity contribution in [1.29, 1.82) is 0 Å². The summed E-state index contributed by atoms with van der Waals surface area (Å²) in [5.74, 6) is -2.98. The van der Waals surface area contributed by atoms with Crippen LogP contribution in [0.25, 0.3) is 5.57 Å². The van der Waals surface area contributed by atoms with Gasteiger partial charge in [-0.3, -0.25) is 24.2 Å². The number of hydrogen-bond donors (Lipinski definition) is 0. The van der Waals surface area contributed by atoms with Crippen molar-refractivity contribution in [1.82, 2.24) is 4.90 Å². The van der Waals surface area contributed by atoms with Gasteiger partial charge in [0.05, 0.1) is 46.4 Å². The highest BCUT2D eigenvalue weighted by molar-refractivity contribution is 8.29. The maximum atomic E-state index is 13.9. The van der Waals surface area contributed by atoms with Crippen LogP contribution in [-0.2, 0) is 33.4 Å². The van der Waals surface area contributed by atoms with Crippen LogP contribution in [0.3, 0.4) is 0 Å². The Hall–Kier alpha value is -2.96. The van der Waals surface area contributed by atoms with Crippen LogP contribution in [0.2, 0.25) is 0 Å². The minimum absolute atomic E-state index is 0.103. The normalized spacial score (nSPS) is 23.9. The fourth-order valence-corrected chi connectivity index (χ4v) is 8.84. The van der Waals surface area contributed by atoms with E-state index in [1.54, 1.807) is 36.9 Å². The van der Waals surface area contributed by atoms with Crippen LogP contribution in [0.4, 0.5) is 5.69 Å². The Bertz CT molecular complexity index is 1380. The molecule has 0 radical (unpaired) electrons. The van der Waals surface area contributed by atoms with Gasteiger partial charge in [0.25, 0.3) is 0 Å². The summed E-state index contributed by atoms with van der Waals surface area (Å²) >= 11 is 8.12. The van der Waals surface area contributed by atoms with E-state index in [0.29, 0.717) is 38.8 Å². The molecule has 5 rings (SSSR count). The zero-order valence-electron chi connectivity index (χ0n) is 22.5. The van der Waals surface area contributed by atoms with Crippen molar-refractivity contribution in [3.63, 3.8) is 0 Å². The van der Waals surface area contributed by atoms with Crippen molar-refractivity contribution in [3.05, 3.63) is 43.9 Å². The molecule has 1 saturated carbocycles. The molecule has 3 heterocycles. The number of carbonyl (C=O) groups is 5. The molecular weight excluding hydrogens is 573 g/mol. The smallest absolute Gasteiger partial charge is 0.346 e. The number of amides is 3. The molecular formula is C28H28N2O7S3. The first-order chi connectivity index (χ1) is 19.0. The summed E-state index contributed by atoms with van der Waals surface area (Å²) in [4.78, 5) is 68.4. The highest BCUT2D eigenvalue weighted by Crippen LogP contribution is 2.56. The molecule has 1 aromatic carbocycles. The van der Waals surface area contributed by atoms with Crippen molar-refractivity contribution in [2.45, 2.75) is 45.1 Å². The molecule has 3 amide bonds. The molecule has 1 aliphatic carbocycles. The van der Waals surface area contributed by atoms with Crippen LogP contribution in [0, 0.1) is 11.8 Å². The van der Waals surface area contributed by atoms with Gasteiger partial charge in [-0.15, -0.1) is 0 Å². The largest absolute Gasteiger partial charge is 0.465 e. The number of anilines is 1. The molecule has 3 aliphatic heterocycles. The molecule has 40 heavy (non-hydrogen) atoms. The SMILES string of the molecule is COC(=O)C1=C(C(=O)OC)SC(=C2C(=S)C(C)(C)N(C(=O)CN3C(=O)[C@H]4CCCC[C@@H]4C3=O)c3ccccc32)S1. The van der Waals surface area contributed by atoms with E-state index in [9.17, 15) is 24.0 Å². The summed E-state index contributed by atoms with van der Waals surface area (Å²) in [5.41, 5.74) is 0.771. The van der Waals surface area contributed by atoms with Gasteiger partial charge in [-0.1, -0.05) is 66.8 Å². The lowest BCUT2D eigenvalue weighted by Gasteiger charge is -2.45. The molecule has 1 aromatic rings. The average Bonchev–Trinajstić information content (AvgIpc) is 3.48. The molecule has 1 saturated heterocycles. The van der Waals surface area contributed by atoms with Crippen molar-refractivity contribution in [2.24, 2.45) is 11.8 Å². The van der Waals surface area contributed by atoms with Gasteiger partial charge in [0.15, 0.2) is 0 Å². The van der Waals surface area contributed by atoms with Gasteiger partial charge in [-0.05, 0) is 32.8 Å². The first-order valence-corrected chi connectivity index (χ1v) is 14.9. The van der Waals surface area contributed by atoms with E-state index in [4.69, 9.17) is 21.7 Å². The summed E-state index contributed by atoms with van der Waals surface area (Å²) < 4.78 is 10.4. The first kappa shape index (κ1) is 28.6. The zero-order chi connectivity index (χ0) is 28.9. The molecule has 0 spiro atoms. The number of nitrogens with zero attached hydrogens (tertiary/aromatic N) is 2. The number of rotatable bonds is 4. The van der Waals surface area contributed by atoms with Gasteiger partial charge >= 0.3 is 11.9 Å². The van der Waals surface area contributed by atoms with Crippen molar-refractivity contribution in [2.75, 3.05) is 25.7 Å². The lowest BCUT2D eigenvalue weighted by molar-refractivity contribution is -0.143. The Morgan fingerprint density at radius 2 is 1.48 bits per heavy atom. The summed E-state index contributed by atoms with van der Waals surface area (Å²) in [7, 11) is 2.47. The monoisotopic (exact) mass is 600 g/mol. The fraction of sp³-hybridized carbons (Fsp3) is 0.429. The molecule has 12 heteroatoms. The van der Waals surface area contributed by atoms with Crippen LogP contribution in [0.15, 0.2) is 38.3 Å². The predicted octanol–water partition coefficient (Wildman–Crippen LogP) is 4.06.